The van der Waals surface area contributed by atoms with Crippen molar-refractivity contribution in [1.82, 2.24) is 5.32 Å². The van der Waals surface area contributed by atoms with E-state index < -0.39 is 0 Å². The number of nitrogens with one attached hydrogen (secondary N) is 1. The van der Waals surface area contributed by atoms with Crippen LogP contribution in [0.25, 0.3) is 0 Å². The lowest BCUT2D eigenvalue weighted by atomic mass is 10.1. The zero-order chi connectivity index (χ0) is 15.8. The minimum absolute atomic E-state index is 0.0607. The van der Waals surface area contributed by atoms with Crippen molar-refractivity contribution in [1.29, 1.82) is 0 Å². The van der Waals surface area contributed by atoms with E-state index in [1.165, 1.54) is 11.3 Å². The number of phenols is 1. The summed E-state index contributed by atoms with van der Waals surface area (Å²) in [5, 5.41) is 14.3. The molecule has 4 nitrogen and oxygen atoms in total. The van der Waals surface area contributed by atoms with E-state index in [9.17, 15) is 14.7 Å². The van der Waals surface area contributed by atoms with Crippen molar-refractivity contribution in [2.75, 3.05) is 6.54 Å². The summed E-state index contributed by atoms with van der Waals surface area (Å²) in [6.45, 7) is 0.481. The van der Waals surface area contributed by atoms with Crippen molar-refractivity contribution >= 4 is 23.0 Å². The van der Waals surface area contributed by atoms with Gasteiger partial charge in [0.1, 0.15) is 5.75 Å². The Morgan fingerprint density at radius 1 is 1.09 bits per heavy atom. The Morgan fingerprint density at radius 2 is 1.91 bits per heavy atom. The number of Topliss-reactive ketones (excluding diaryl/α,β-unsaturated/α-hetero) is 1. The van der Waals surface area contributed by atoms with E-state index in [1.54, 1.807) is 18.2 Å². The average Bonchev–Trinajstić information content (AvgIpc) is 3.03. The summed E-state index contributed by atoms with van der Waals surface area (Å²) in [6.07, 6.45) is 1.89. The average molecular weight is 317 g/mol. The van der Waals surface area contributed by atoms with Crippen LogP contribution in [-0.2, 0) is 11.2 Å². The largest absolute Gasteiger partial charge is 0.508 e. The zero-order valence-electron chi connectivity index (χ0n) is 12.2. The molecule has 0 bridgehead atoms. The number of thiophene rings is 1. The van der Waals surface area contributed by atoms with Crippen LogP contribution in [0.2, 0.25) is 0 Å². The highest BCUT2D eigenvalue weighted by Gasteiger charge is 2.08. The number of hydrogen-bond donors (Lipinski definition) is 2. The topological polar surface area (TPSA) is 66.4 Å². The Labute approximate surface area is 133 Å². The van der Waals surface area contributed by atoms with Crippen LogP contribution < -0.4 is 5.32 Å². The molecular weight excluding hydrogens is 298 g/mol. The Morgan fingerprint density at radius 3 is 2.64 bits per heavy atom. The monoisotopic (exact) mass is 317 g/mol. The lowest BCUT2D eigenvalue weighted by Gasteiger charge is -2.06. The smallest absolute Gasteiger partial charge is 0.220 e. The van der Waals surface area contributed by atoms with Crippen LogP contribution in [0.1, 0.15) is 34.5 Å². The number of ketones is 1. The highest BCUT2D eigenvalue weighted by Crippen LogP contribution is 2.15. The number of carbonyl (C=O) groups excluding carboxylic acids is 2. The van der Waals surface area contributed by atoms with Crippen LogP contribution in [0.4, 0.5) is 0 Å². The standard InChI is InChI=1S/C17H19NO3S/c19-14-6-2-1-5-13(14)10-11-18-17(21)9-3-7-15(20)16-8-4-12-22-16/h1-2,4-6,8,12,19H,3,7,9-11H2,(H,18,21). The van der Waals surface area contributed by atoms with Crippen molar-refractivity contribution in [3.63, 3.8) is 0 Å². The lowest BCUT2D eigenvalue weighted by molar-refractivity contribution is -0.121. The van der Waals surface area contributed by atoms with Gasteiger partial charge in [0.05, 0.1) is 4.88 Å². The van der Waals surface area contributed by atoms with Gasteiger partial charge in [-0.25, -0.2) is 0 Å². The van der Waals surface area contributed by atoms with Crippen LogP contribution in [0.3, 0.4) is 0 Å². The normalized spacial score (nSPS) is 10.4. The van der Waals surface area contributed by atoms with Crippen LogP contribution in [0.5, 0.6) is 5.75 Å². The van der Waals surface area contributed by atoms with E-state index >= 15 is 0 Å². The molecule has 0 fully saturated rings. The molecule has 0 aliphatic carbocycles. The molecule has 2 aromatic rings. The van der Waals surface area contributed by atoms with Crippen LogP contribution in [0, 0.1) is 0 Å². The van der Waals surface area contributed by atoms with E-state index in [1.807, 2.05) is 23.6 Å². The van der Waals surface area contributed by atoms with Gasteiger partial charge < -0.3 is 10.4 Å². The number of benzene rings is 1. The maximum Gasteiger partial charge on any atom is 0.220 e. The first-order chi connectivity index (χ1) is 10.7. The van der Waals surface area contributed by atoms with Crippen LogP contribution >= 0.6 is 11.3 Å². The summed E-state index contributed by atoms with van der Waals surface area (Å²) in [4.78, 5) is 24.2. The van der Waals surface area contributed by atoms with Gasteiger partial charge in [-0.3, -0.25) is 9.59 Å². The molecule has 0 unspecified atom stereocenters. The number of amides is 1. The minimum atomic E-state index is -0.0607. The molecule has 0 aliphatic rings. The molecule has 0 aliphatic heterocycles. The van der Waals surface area contributed by atoms with Gasteiger partial charge in [-0.15, -0.1) is 11.3 Å². The van der Waals surface area contributed by atoms with Gasteiger partial charge in [0.15, 0.2) is 5.78 Å². The first kappa shape index (κ1) is 16.2. The van der Waals surface area contributed by atoms with Crippen molar-refractivity contribution < 1.29 is 14.7 Å². The molecule has 0 radical (unpaired) electrons. The Kier molecular flexibility index (Phi) is 6.15. The third kappa shape index (κ3) is 5.00. The van der Waals surface area contributed by atoms with Gasteiger partial charge in [-0.1, -0.05) is 24.3 Å². The molecule has 1 aromatic carbocycles. The first-order valence-corrected chi connectivity index (χ1v) is 8.15. The third-order valence-corrected chi connectivity index (χ3v) is 4.22. The fraction of sp³-hybridized carbons (Fsp3) is 0.294. The number of phenolic OH excluding ortho intramolecular Hbond substituents is 1. The van der Waals surface area contributed by atoms with E-state index in [0.29, 0.717) is 32.2 Å². The van der Waals surface area contributed by atoms with Gasteiger partial charge in [0.25, 0.3) is 0 Å². The van der Waals surface area contributed by atoms with Crippen LogP contribution in [0.15, 0.2) is 41.8 Å². The molecule has 116 valence electrons. The van der Waals surface area contributed by atoms with Crippen molar-refractivity contribution in [3.05, 3.63) is 52.2 Å². The number of para-hydroxylation sites is 1. The summed E-state index contributed by atoms with van der Waals surface area (Å²) >= 11 is 1.43. The molecule has 22 heavy (non-hydrogen) atoms. The Balaban J connectivity index is 1.62. The number of hydrogen-bond acceptors (Lipinski definition) is 4. The van der Waals surface area contributed by atoms with Crippen LogP contribution in [-0.4, -0.2) is 23.3 Å². The van der Waals surface area contributed by atoms with E-state index in [0.717, 1.165) is 10.4 Å². The fourth-order valence-corrected chi connectivity index (χ4v) is 2.81. The van der Waals surface area contributed by atoms with E-state index in [-0.39, 0.29) is 17.4 Å². The van der Waals surface area contributed by atoms with Crippen molar-refractivity contribution in [2.24, 2.45) is 0 Å². The van der Waals surface area contributed by atoms with Gasteiger partial charge in [0, 0.05) is 19.4 Å². The van der Waals surface area contributed by atoms with E-state index in [4.69, 9.17) is 0 Å². The molecule has 1 heterocycles. The predicted octanol–water partition coefficient (Wildman–Crippen LogP) is 3.17. The Bertz CT molecular complexity index is 623. The highest BCUT2D eigenvalue weighted by atomic mass is 32.1. The summed E-state index contributed by atoms with van der Waals surface area (Å²) in [6, 6.07) is 10.7. The number of rotatable bonds is 8. The molecular formula is C17H19NO3S. The minimum Gasteiger partial charge on any atom is -0.508 e. The van der Waals surface area contributed by atoms with E-state index in [2.05, 4.69) is 5.32 Å². The highest BCUT2D eigenvalue weighted by molar-refractivity contribution is 7.12. The van der Waals surface area contributed by atoms with Gasteiger partial charge in [-0.05, 0) is 35.9 Å². The Hall–Kier alpha value is -2.14. The molecule has 2 N–H and O–H groups in total. The molecule has 0 saturated heterocycles. The number of carbonyl (C=O) groups is 2. The van der Waals surface area contributed by atoms with Gasteiger partial charge in [0.2, 0.25) is 5.91 Å². The van der Waals surface area contributed by atoms with Crippen molar-refractivity contribution in [2.45, 2.75) is 25.7 Å². The van der Waals surface area contributed by atoms with Crippen molar-refractivity contribution in [3.8, 4) is 5.75 Å². The molecule has 0 spiro atoms. The molecule has 5 heteroatoms. The molecule has 1 aromatic heterocycles. The maximum absolute atomic E-state index is 11.8. The maximum atomic E-state index is 11.8. The second-order valence-corrected chi connectivity index (χ2v) is 5.93. The van der Waals surface area contributed by atoms with Gasteiger partial charge >= 0.3 is 0 Å². The number of aromatic hydroxyl groups is 1. The summed E-state index contributed by atoms with van der Waals surface area (Å²) in [5.41, 5.74) is 0.815. The predicted molar refractivity (Wildman–Crippen MR) is 87.3 cm³/mol. The lowest BCUT2D eigenvalue weighted by Crippen LogP contribution is -2.25. The second-order valence-electron chi connectivity index (χ2n) is 4.98. The second kappa shape index (κ2) is 8.34. The molecule has 0 atom stereocenters. The summed E-state index contributed by atoms with van der Waals surface area (Å²) in [7, 11) is 0. The molecule has 2 rings (SSSR count). The third-order valence-electron chi connectivity index (χ3n) is 3.31. The first-order valence-electron chi connectivity index (χ1n) is 7.27. The SMILES string of the molecule is O=C(CCCC(=O)c1cccs1)NCCc1ccccc1O. The quantitative estimate of drug-likeness (QED) is 0.735. The molecule has 1 amide bonds. The van der Waals surface area contributed by atoms with Gasteiger partial charge in [-0.2, -0.15) is 0 Å². The molecule has 0 saturated carbocycles. The zero-order valence-corrected chi connectivity index (χ0v) is 13.1. The fourth-order valence-electron chi connectivity index (χ4n) is 2.12. The summed E-state index contributed by atoms with van der Waals surface area (Å²) in [5.74, 6) is 0.282. The summed E-state index contributed by atoms with van der Waals surface area (Å²) < 4.78 is 0.